The Bertz CT molecular complexity index is 421. The number of aromatic nitrogens is 2. The summed E-state index contributed by atoms with van der Waals surface area (Å²) in [5.74, 6) is 8.07. The average Bonchev–Trinajstić information content (AvgIpc) is 3.02. The molecular weight excluding hydrogens is 216 g/mol. The lowest BCUT2D eigenvalue weighted by Gasteiger charge is -2.22. The van der Waals surface area contributed by atoms with Gasteiger partial charge in [0.25, 0.3) is 0 Å². The lowest BCUT2D eigenvalue weighted by Crippen LogP contribution is -2.25. The Morgan fingerprint density at radius 1 is 1.29 bits per heavy atom. The highest BCUT2D eigenvalue weighted by molar-refractivity contribution is 5.48. The molecule has 2 rings (SSSR count). The van der Waals surface area contributed by atoms with Crippen molar-refractivity contribution in [2.24, 2.45) is 5.84 Å². The van der Waals surface area contributed by atoms with E-state index in [0.29, 0.717) is 17.6 Å². The highest BCUT2D eigenvalue weighted by Crippen LogP contribution is 2.40. The maximum absolute atomic E-state index is 5.85. The first-order valence-corrected chi connectivity index (χ1v) is 5.95. The van der Waals surface area contributed by atoms with Crippen LogP contribution in [0.1, 0.15) is 50.9 Å². The third-order valence-corrected chi connectivity index (χ3v) is 2.60. The van der Waals surface area contributed by atoms with Crippen LogP contribution in [0.15, 0.2) is 0 Å². The molecule has 5 heteroatoms. The Hall–Kier alpha value is -1.36. The standard InChI is InChI=1S/C12H20N4O/c1-7-9(16-13)14-10(8-5-6-8)15-11(7)17-12(2,3)4/h8H,5-6,13H2,1-4H3,(H,14,15,16). The van der Waals surface area contributed by atoms with Crippen LogP contribution in [0.2, 0.25) is 0 Å². The van der Waals surface area contributed by atoms with Crippen LogP contribution in [0.3, 0.4) is 0 Å². The molecule has 1 fully saturated rings. The fraction of sp³-hybridized carbons (Fsp3) is 0.667. The maximum Gasteiger partial charge on any atom is 0.222 e. The van der Waals surface area contributed by atoms with E-state index in [1.54, 1.807) is 0 Å². The van der Waals surface area contributed by atoms with Crippen molar-refractivity contribution in [3.05, 3.63) is 11.4 Å². The molecule has 1 aromatic rings. The first-order chi connectivity index (χ1) is 7.90. The predicted molar refractivity (Wildman–Crippen MR) is 66.9 cm³/mol. The van der Waals surface area contributed by atoms with Crippen LogP contribution in [0.25, 0.3) is 0 Å². The van der Waals surface area contributed by atoms with E-state index in [9.17, 15) is 0 Å². The first kappa shape index (κ1) is 12.1. The van der Waals surface area contributed by atoms with Crippen LogP contribution < -0.4 is 16.0 Å². The average molecular weight is 236 g/mol. The van der Waals surface area contributed by atoms with E-state index in [1.165, 1.54) is 0 Å². The molecule has 0 aromatic carbocycles. The van der Waals surface area contributed by atoms with E-state index in [4.69, 9.17) is 10.6 Å². The molecule has 94 valence electrons. The van der Waals surface area contributed by atoms with Gasteiger partial charge in [0.05, 0.1) is 5.56 Å². The van der Waals surface area contributed by atoms with Gasteiger partial charge in [-0.1, -0.05) is 0 Å². The summed E-state index contributed by atoms with van der Waals surface area (Å²) in [4.78, 5) is 8.92. The number of hydrazine groups is 1. The molecule has 1 aromatic heterocycles. The molecule has 0 radical (unpaired) electrons. The third-order valence-electron chi connectivity index (χ3n) is 2.60. The van der Waals surface area contributed by atoms with Gasteiger partial charge in [-0.3, -0.25) is 0 Å². The van der Waals surface area contributed by atoms with Crippen LogP contribution in [0.5, 0.6) is 5.88 Å². The second-order valence-corrected chi connectivity index (χ2v) is 5.49. The highest BCUT2D eigenvalue weighted by atomic mass is 16.5. The minimum absolute atomic E-state index is 0.272. The molecule has 0 atom stereocenters. The number of nitrogens with zero attached hydrogens (tertiary/aromatic N) is 2. The molecule has 0 aliphatic heterocycles. The van der Waals surface area contributed by atoms with Gasteiger partial charge in [0.15, 0.2) is 0 Å². The topological polar surface area (TPSA) is 73.1 Å². The van der Waals surface area contributed by atoms with Crippen LogP contribution in [0, 0.1) is 6.92 Å². The summed E-state index contributed by atoms with van der Waals surface area (Å²) in [5.41, 5.74) is 3.19. The van der Waals surface area contributed by atoms with Gasteiger partial charge in [0.1, 0.15) is 17.2 Å². The van der Waals surface area contributed by atoms with Gasteiger partial charge in [-0.25, -0.2) is 10.8 Å². The zero-order valence-electron chi connectivity index (χ0n) is 10.9. The molecule has 1 saturated carbocycles. The summed E-state index contributed by atoms with van der Waals surface area (Å²) in [6.07, 6.45) is 2.31. The molecular formula is C12H20N4O. The number of hydrogen-bond acceptors (Lipinski definition) is 5. The second kappa shape index (κ2) is 4.14. The predicted octanol–water partition coefficient (Wildman–Crippen LogP) is 2.13. The zero-order chi connectivity index (χ0) is 12.6. The summed E-state index contributed by atoms with van der Waals surface area (Å²) >= 11 is 0. The van der Waals surface area contributed by atoms with Gasteiger partial charge >= 0.3 is 0 Å². The summed E-state index contributed by atoms with van der Waals surface area (Å²) in [6.45, 7) is 7.91. The largest absolute Gasteiger partial charge is 0.472 e. The third kappa shape index (κ3) is 2.85. The van der Waals surface area contributed by atoms with Gasteiger partial charge in [0.2, 0.25) is 5.88 Å². The van der Waals surface area contributed by atoms with E-state index in [0.717, 1.165) is 24.2 Å². The SMILES string of the molecule is Cc1c(NN)nc(C2CC2)nc1OC(C)(C)C. The molecule has 1 heterocycles. The van der Waals surface area contributed by atoms with Crippen molar-refractivity contribution in [1.29, 1.82) is 0 Å². The van der Waals surface area contributed by atoms with Crippen molar-refractivity contribution >= 4 is 5.82 Å². The monoisotopic (exact) mass is 236 g/mol. The van der Waals surface area contributed by atoms with Gasteiger partial charge in [-0.05, 0) is 40.5 Å². The maximum atomic E-state index is 5.85. The Kier molecular flexibility index (Phi) is 2.95. The summed E-state index contributed by atoms with van der Waals surface area (Å²) in [7, 11) is 0. The van der Waals surface area contributed by atoms with E-state index in [-0.39, 0.29) is 5.60 Å². The number of anilines is 1. The Labute approximate surface area is 102 Å². The lowest BCUT2D eigenvalue weighted by molar-refractivity contribution is 0.122. The molecule has 17 heavy (non-hydrogen) atoms. The fourth-order valence-corrected chi connectivity index (χ4v) is 1.57. The molecule has 0 unspecified atom stereocenters. The minimum atomic E-state index is -0.272. The Morgan fingerprint density at radius 2 is 1.94 bits per heavy atom. The number of nitrogens with one attached hydrogen (secondary N) is 1. The first-order valence-electron chi connectivity index (χ1n) is 5.95. The summed E-state index contributed by atoms with van der Waals surface area (Å²) in [6, 6.07) is 0. The summed E-state index contributed by atoms with van der Waals surface area (Å²) in [5, 5.41) is 0. The van der Waals surface area contributed by atoms with Gasteiger partial charge in [-0.2, -0.15) is 4.98 Å². The molecule has 0 spiro atoms. The quantitative estimate of drug-likeness (QED) is 0.621. The molecule has 1 aliphatic carbocycles. The summed E-state index contributed by atoms with van der Waals surface area (Å²) < 4.78 is 5.85. The zero-order valence-corrected chi connectivity index (χ0v) is 10.9. The minimum Gasteiger partial charge on any atom is -0.472 e. The van der Waals surface area contributed by atoms with Crippen molar-refractivity contribution in [1.82, 2.24) is 9.97 Å². The van der Waals surface area contributed by atoms with Crippen molar-refractivity contribution in [3.8, 4) is 5.88 Å². The Morgan fingerprint density at radius 3 is 2.41 bits per heavy atom. The van der Waals surface area contributed by atoms with Crippen LogP contribution >= 0.6 is 0 Å². The van der Waals surface area contributed by atoms with E-state index in [2.05, 4.69) is 15.4 Å². The van der Waals surface area contributed by atoms with Crippen LogP contribution in [-0.2, 0) is 0 Å². The second-order valence-electron chi connectivity index (χ2n) is 5.49. The van der Waals surface area contributed by atoms with E-state index in [1.807, 2.05) is 27.7 Å². The molecule has 0 saturated heterocycles. The smallest absolute Gasteiger partial charge is 0.222 e. The molecule has 0 bridgehead atoms. The molecule has 5 nitrogen and oxygen atoms in total. The van der Waals surface area contributed by atoms with Crippen LogP contribution in [0.4, 0.5) is 5.82 Å². The lowest BCUT2D eigenvalue weighted by atomic mass is 10.2. The normalized spacial score (nSPS) is 15.8. The van der Waals surface area contributed by atoms with Crippen molar-refractivity contribution in [3.63, 3.8) is 0 Å². The number of rotatable bonds is 3. The number of nitrogens with two attached hydrogens (primary N) is 1. The number of hydrogen-bond donors (Lipinski definition) is 2. The van der Waals surface area contributed by atoms with Crippen molar-refractivity contribution in [2.45, 2.75) is 52.1 Å². The van der Waals surface area contributed by atoms with Crippen molar-refractivity contribution in [2.75, 3.05) is 5.43 Å². The highest BCUT2D eigenvalue weighted by Gasteiger charge is 2.29. The fourth-order valence-electron chi connectivity index (χ4n) is 1.57. The number of nitrogen functional groups attached to an aromatic ring is 1. The van der Waals surface area contributed by atoms with Crippen LogP contribution in [-0.4, -0.2) is 15.6 Å². The Balaban J connectivity index is 2.37. The van der Waals surface area contributed by atoms with Gasteiger partial charge in [-0.15, -0.1) is 0 Å². The van der Waals surface area contributed by atoms with Gasteiger partial charge in [0, 0.05) is 5.92 Å². The van der Waals surface area contributed by atoms with E-state index < -0.39 is 0 Å². The van der Waals surface area contributed by atoms with Crippen molar-refractivity contribution < 1.29 is 4.74 Å². The number of ether oxygens (including phenoxy) is 1. The molecule has 3 N–H and O–H groups in total. The molecule has 0 amide bonds. The van der Waals surface area contributed by atoms with E-state index >= 15 is 0 Å². The molecule has 1 aliphatic rings. The van der Waals surface area contributed by atoms with Gasteiger partial charge < -0.3 is 10.2 Å².